The zero-order valence-electron chi connectivity index (χ0n) is 33.9. The molecule has 1 saturated heterocycles. The number of ether oxygens (including phenoxy) is 5. The van der Waals surface area contributed by atoms with Crippen molar-refractivity contribution in [2.75, 3.05) is 33.9 Å². The van der Waals surface area contributed by atoms with Crippen molar-refractivity contribution in [3.63, 3.8) is 0 Å². The number of carbonyl (C=O) groups is 2. The summed E-state index contributed by atoms with van der Waals surface area (Å²) in [7, 11) is 3.41. The van der Waals surface area contributed by atoms with E-state index in [4.69, 9.17) is 23.7 Å². The smallest absolute Gasteiger partial charge is 0.254 e. The number of likely N-dealkylation sites (N-methyl/N-ethyl adjacent to an activating group) is 1. The summed E-state index contributed by atoms with van der Waals surface area (Å²) in [4.78, 5) is 34.8. The van der Waals surface area contributed by atoms with Crippen LogP contribution in [0.2, 0.25) is 0 Å². The number of amides is 1. The van der Waals surface area contributed by atoms with Crippen molar-refractivity contribution in [1.82, 2.24) is 10.2 Å². The van der Waals surface area contributed by atoms with E-state index in [9.17, 15) is 24.9 Å². The van der Waals surface area contributed by atoms with Crippen LogP contribution in [0.25, 0.3) is 16.8 Å². The van der Waals surface area contributed by atoms with E-state index >= 15 is 0 Å². The number of carbonyl (C=O) groups excluding carboxylic acids is 2. The molecule has 10 rings (SSSR count). The molecule has 4 N–H and O–H groups in total. The van der Waals surface area contributed by atoms with Crippen molar-refractivity contribution in [2.45, 2.75) is 81.4 Å². The van der Waals surface area contributed by atoms with Gasteiger partial charge in [-0.2, -0.15) is 4.99 Å². The Morgan fingerprint density at radius 3 is 2.77 bits per heavy atom. The standard InChI is InChI=1S/C48H45N3O10/c1-49-20-25-12-14-35-32(17-25)33(21-50-35)37-15-13-30-38(57-2)19-28-18-31(26-7-3-4-8-26)41-36(52)23-51-22-34-27(9-5-11-29(34)47(51)56)10-6-16-58-46-42(53)39(24-59-37)60-48(44(46)55)61-45(30)40(28)43(41)54/h5,9,11-15,17-19,21,26,37,39,42,44,46,48-49,53,55H,3-4,7-8,10,20,22-24H2,1-2H3/p+1. The third-order valence-electron chi connectivity index (χ3n) is 12.9. The Hall–Kier alpha value is -5.88. The molecule has 1 amide bonds. The summed E-state index contributed by atoms with van der Waals surface area (Å²) in [5.41, 5.74) is 6.69. The number of benzene rings is 3. The molecular formula is C48H46N3O10+. The summed E-state index contributed by atoms with van der Waals surface area (Å²) in [6.45, 7) is 0.426. The Kier molecular flexibility index (Phi) is 10.2. The number of ketones is 1. The molecule has 13 nitrogen and oxygen atoms in total. The van der Waals surface area contributed by atoms with Gasteiger partial charge in [0, 0.05) is 49.2 Å². The first kappa shape index (κ1) is 39.3. The predicted octanol–water partition coefficient (Wildman–Crippen LogP) is 4.82. The Balaban J connectivity index is 1.19. The quantitative estimate of drug-likeness (QED) is 0.206. The number of phenolic OH excluding ortho intramolecular Hbond substituents is 1. The van der Waals surface area contributed by atoms with E-state index in [1.54, 1.807) is 30.5 Å². The highest BCUT2D eigenvalue weighted by molar-refractivity contribution is 6.11. The maximum atomic E-state index is 14.8. The van der Waals surface area contributed by atoms with Crippen LogP contribution in [-0.4, -0.2) is 109 Å². The van der Waals surface area contributed by atoms with E-state index in [-0.39, 0.29) is 60.4 Å². The number of nitrogens with zero attached hydrogens (tertiary/aromatic N) is 2. The van der Waals surface area contributed by atoms with Gasteiger partial charge in [0.25, 0.3) is 5.91 Å². The molecule has 0 aromatic heterocycles. The molecule has 3 aromatic rings. The normalized spacial score (nSPS) is 26.9. The number of hydrogen-bond acceptors (Lipinski definition) is 12. The molecule has 13 heteroatoms. The fraction of sp³-hybridized carbons (Fsp3) is 0.375. The Bertz CT molecular complexity index is 2570. The van der Waals surface area contributed by atoms with Gasteiger partial charge in [-0.25, -0.2) is 0 Å². The third-order valence-corrected chi connectivity index (χ3v) is 12.9. The molecule has 61 heavy (non-hydrogen) atoms. The van der Waals surface area contributed by atoms with Gasteiger partial charge in [0.2, 0.25) is 6.29 Å². The average molecular weight is 825 g/mol. The molecule has 7 aliphatic rings. The molecule has 5 heterocycles. The zero-order chi connectivity index (χ0) is 41.9. The summed E-state index contributed by atoms with van der Waals surface area (Å²) in [5.74, 6) is 2.45. The monoisotopic (exact) mass is 824 g/mol. The molecule has 6 unspecified atom stereocenters. The Morgan fingerprint density at radius 1 is 1.10 bits per heavy atom. The molecule has 6 atom stereocenters. The van der Waals surface area contributed by atoms with Gasteiger partial charge in [-0.3, -0.25) is 9.59 Å². The van der Waals surface area contributed by atoms with Crippen molar-refractivity contribution in [1.29, 1.82) is 0 Å². The third kappa shape index (κ3) is 6.79. The lowest BCUT2D eigenvalue weighted by Gasteiger charge is -2.41. The first-order chi connectivity index (χ1) is 29.7. The van der Waals surface area contributed by atoms with Crippen molar-refractivity contribution in [3.05, 3.63) is 111 Å². The van der Waals surface area contributed by atoms with E-state index in [0.29, 0.717) is 34.4 Å². The van der Waals surface area contributed by atoms with E-state index in [1.807, 2.05) is 37.4 Å². The second-order valence-electron chi connectivity index (χ2n) is 16.5. The molecule has 0 spiro atoms. The van der Waals surface area contributed by atoms with Gasteiger partial charge in [-0.05, 0) is 78.2 Å². The van der Waals surface area contributed by atoms with Gasteiger partial charge in [0.05, 0.1) is 48.6 Å². The van der Waals surface area contributed by atoms with Crippen LogP contribution >= 0.6 is 0 Å². The maximum absolute atomic E-state index is 14.8. The number of fused-ring (bicyclic) bond motifs is 5. The summed E-state index contributed by atoms with van der Waals surface area (Å²) in [5, 5.41) is 40.3. The Morgan fingerprint density at radius 2 is 1.95 bits per heavy atom. The number of rotatable bonds is 5. The minimum absolute atomic E-state index is 0.00373. The fourth-order valence-corrected chi connectivity index (χ4v) is 9.77. The van der Waals surface area contributed by atoms with Crippen LogP contribution < -0.4 is 14.8 Å². The number of nitrogens with one attached hydrogen (secondary N) is 1. The summed E-state index contributed by atoms with van der Waals surface area (Å²) >= 11 is 0. The van der Waals surface area contributed by atoms with Gasteiger partial charge in [0.1, 0.15) is 47.2 Å². The predicted molar refractivity (Wildman–Crippen MR) is 225 cm³/mol. The molecule has 1 saturated carbocycles. The first-order valence-electron chi connectivity index (χ1n) is 20.9. The van der Waals surface area contributed by atoms with E-state index < -0.39 is 42.6 Å². The van der Waals surface area contributed by atoms with Crippen LogP contribution in [0.15, 0.2) is 76.0 Å². The Labute approximate surface area is 353 Å². The molecular weight excluding hydrogens is 779 g/mol. The van der Waals surface area contributed by atoms with Crippen LogP contribution in [0.1, 0.15) is 74.6 Å². The molecule has 312 valence electrons. The molecule has 2 aliphatic carbocycles. The number of allylic oxidation sites excluding steroid dienone is 3. The van der Waals surface area contributed by atoms with Crippen molar-refractivity contribution >= 4 is 34.8 Å². The van der Waals surface area contributed by atoms with Gasteiger partial charge in [0.15, 0.2) is 23.7 Å². The van der Waals surface area contributed by atoms with E-state index in [1.165, 1.54) is 12.0 Å². The minimum atomic E-state index is -1.59. The number of hydrogen-bond donors (Lipinski definition) is 4. The summed E-state index contributed by atoms with van der Waals surface area (Å²) in [6.07, 6.45) is 10.3. The second-order valence-corrected chi connectivity index (χ2v) is 16.5. The van der Waals surface area contributed by atoms with Crippen LogP contribution in [0, 0.1) is 18.4 Å². The number of aliphatic hydroxyl groups is 2. The van der Waals surface area contributed by atoms with Gasteiger partial charge < -0.3 is 49.2 Å². The molecule has 2 fully saturated rings. The maximum Gasteiger partial charge on any atom is 0.254 e. The van der Waals surface area contributed by atoms with Crippen LogP contribution in [0.3, 0.4) is 0 Å². The van der Waals surface area contributed by atoms with Crippen LogP contribution in [-0.2, 0) is 27.2 Å². The number of aromatic hydroxyl groups is 1. The van der Waals surface area contributed by atoms with Crippen molar-refractivity contribution in [2.24, 2.45) is 4.99 Å². The fourth-order valence-electron chi connectivity index (χ4n) is 9.77. The minimum Gasteiger partial charge on any atom is -0.506 e. The highest BCUT2D eigenvalue weighted by Crippen LogP contribution is 2.49. The number of aliphatic hydroxyl groups excluding tert-OH is 2. The van der Waals surface area contributed by atoms with Gasteiger partial charge in [-0.1, -0.05) is 30.9 Å². The first-order valence-corrected chi connectivity index (χ1v) is 20.9. The molecule has 0 radical (unpaired) electrons. The average Bonchev–Trinajstić information content (AvgIpc) is 4.01. The lowest BCUT2D eigenvalue weighted by atomic mass is 9.86. The number of phenols is 1. The van der Waals surface area contributed by atoms with Crippen LogP contribution in [0.5, 0.6) is 17.2 Å². The SMILES string of the molecule is CNCC1=CC=C2N=CC(C3C=Cc4c(OC)cc5cc(C6CCCC6)c6c(O)c5c4OC4OC(CO3)C(O)C(OC#CCc3cccc5c3CN(CC6=O)C5=O)C4O)=C2[CH+]1. The summed E-state index contributed by atoms with van der Waals surface area (Å²) in [6, 6.07) is 9.11. The molecule has 3 aromatic carbocycles. The van der Waals surface area contributed by atoms with E-state index in [0.717, 1.165) is 59.2 Å². The number of methoxy groups -OCH3 is 1. The molecule has 8 bridgehead atoms. The summed E-state index contributed by atoms with van der Waals surface area (Å²) < 4.78 is 31.7. The molecule has 5 aliphatic heterocycles. The van der Waals surface area contributed by atoms with Gasteiger partial charge >= 0.3 is 0 Å². The largest absolute Gasteiger partial charge is 0.506 e. The zero-order valence-corrected chi connectivity index (χ0v) is 33.9. The lowest BCUT2D eigenvalue weighted by molar-refractivity contribution is -0.279. The van der Waals surface area contributed by atoms with Crippen LogP contribution in [0.4, 0.5) is 0 Å². The van der Waals surface area contributed by atoms with Crippen molar-refractivity contribution in [3.8, 4) is 29.3 Å². The topological polar surface area (TPSA) is 169 Å². The van der Waals surface area contributed by atoms with Gasteiger partial charge in [-0.15, -0.1) is 0 Å². The number of aliphatic imine (C=N–C) groups is 1. The lowest BCUT2D eigenvalue weighted by Crippen LogP contribution is -2.61. The second kappa shape index (κ2) is 15.9. The van der Waals surface area contributed by atoms with E-state index in [2.05, 4.69) is 28.8 Å². The number of Topliss-reactive ketones (excluding diaryl/α,β-unsaturated/α-hetero) is 1. The van der Waals surface area contributed by atoms with Crippen molar-refractivity contribution < 1.29 is 48.6 Å². The highest BCUT2D eigenvalue weighted by Gasteiger charge is 2.49. The highest BCUT2D eigenvalue weighted by atomic mass is 16.7.